The number of hydrogen-bond acceptors (Lipinski definition) is 2. The van der Waals surface area contributed by atoms with E-state index in [9.17, 15) is 4.79 Å². The van der Waals surface area contributed by atoms with Gasteiger partial charge in [0.1, 0.15) is 4.83 Å². The fourth-order valence-electron chi connectivity index (χ4n) is 0.584. The average Bonchev–Trinajstić information content (AvgIpc) is 2.03. The largest absolute Gasteiger partial charge is 0.383 e. The summed E-state index contributed by atoms with van der Waals surface area (Å²) in [6, 6.07) is 0. The summed E-state index contributed by atoms with van der Waals surface area (Å²) in [6.45, 7) is 0. The van der Waals surface area contributed by atoms with Gasteiger partial charge in [-0.15, -0.1) is 0 Å². The number of alkyl halides is 2. The lowest BCUT2D eigenvalue weighted by Gasteiger charge is -2.03. The Morgan fingerprint density at radius 2 is 2.09 bits per heavy atom. The highest BCUT2D eigenvalue weighted by molar-refractivity contribution is 9.10. The van der Waals surface area contributed by atoms with E-state index in [1.807, 2.05) is 0 Å². The van der Waals surface area contributed by atoms with Crippen LogP contribution in [0.3, 0.4) is 0 Å². The van der Waals surface area contributed by atoms with E-state index < -0.39 is 0 Å². The van der Waals surface area contributed by atoms with Gasteiger partial charge in [-0.05, 0) is 12.8 Å². The molecule has 2 nitrogen and oxygen atoms in total. The van der Waals surface area contributed by atoms with E-state index in [4.69, 9.17) is 0 Å². The van der Waals surface area contributed by atoms with Crippen molar-refractivity contribution in [1.82, 2.24) is 0 Å². The highest BCUT2D eigenvalue weighted by Crippen LogP contribution is 2.13. The van der Waals surface area contributed by atoms with Gasteiger partial charge >= 0.3 is 5.97 Å². The van der Waals surface area contributed by atoms with Crippen LogP contribution in [0.2, 0.25) is 0 Å². The van der Waals surface area contributed by atoms with Gasteiger partial charge in [0.2, 0.25) is 0 Å². The second-order valence-electron chi connectivity index (χ2n) is 2.05. The quantitative estimate of drug-likeness (QED) is 0.561. The zero-order chi connectivity index (χ0) is 8.69. The molecule has 5 heteroatoms. The van der Waals surface area contributed by atoms with Crippen LogP contribution in [0.25, 0.3) is 0 Å². The molecule has 1 unspecified atom stereocenters. The van der Waals surface area contributed by atoms with Gasteiger partial charge in [-0.3, -0.25) is 0 Å². The van der Waals surface area contributed by atoms with Gasteiger partial charge in [0, 0.05) is 5.33 Å². The summed E-state index contributed by atoms with van der Waals surface area (Å²) in [4.78, 5) is 10.6. The lowest BCUT2D eigenvalue weighted by Crippen LogP contribution is -2.13. The van der Waals surface area contributed by atoms with Crippen molar-refractivity contribution in [3.8, 4) is 0 Å². The van der Waals surface area contributed by atoms with Crippen LogP contribution in [0.4, 0.5) is 0 Å². The van der Waals surface area contributed by atoms with Crippen LogP contribution in [0.1, 0.15) is 19.3 Å². The van der Waals surface area contributed by atoms with Crippen LogP contribution in [-0.2, 0) is 8.62 Å². The molecule has 0 N–H and O–H groups in total. The molecule has 0 aliphatic heterocycles. The zero-order valence-corrected chi connectivity index (χ0v) is 10.6. The lowest BCUT2D eigenvalue weighted by molar-refractivity contribution is -0.131. The summed E-state index contributed by atoms with van der Waals surface area (Å²) in [5.74, 6) is -0.264. The molecule has 66 valence electrons. The Labute approximate surface area is 91.8 Å². The maximum absolute atomic E-state index is 10.8. The molecule has 0 rings (SSSR count). The summed E-state index contributed by atoms with van der Waals surface area (Å²) in [5.41, 5.74) is 0. The summed E-state index contributed by atoms with van der Waals surface area (Å²) in [5, 5.41) is 0.982. The van der Waals surface area contributed by atoms with Gasteiger partial charge in [0.05, 0.1) is 0 Å². The molecule has 0 aromatic heterocycles. The Kier molecular flexibility index (Phi) is 8.18. The van der Waals surface area contributed by atoms with Gasteiger partial charge in [-0.25, -0.2) is 4.79 Å². The van der Waals surface area contributed by atoms with Crippen LogP contribution in [0, 0.1) is 0 Å². The van der Waals surface area contributed by atoms with Crippen molar-refractivity contribution in [1.29, 1.82) is 0 Å². The standard InChI is InChI=1S/C6H9Br3O2/c7-4-2-1-3-5(8)6(10)11-9/h5H,1-4H2. The predicted octanol–water partition coefficient (Wildman–Crippen LogP) is 3.17. The molecule has 0 radical (unpaired) electrons. The van der Waals surface area contributed by atoms with Crippen LogP contribution in [0.5, 0.6) is 0 Å². The smallest absolute Gasteiger partial charge is 0.331 e. The third-order valence-electron chi connectivity index (χ3n) is 1.17. The highest BCUT2D eigenvalue weighted by atomic mass is 79.9. The average molecular weight is 353 g/mol. The third-order valence-corrected chi connectivity index (χ3v) is 2.88. The first-order valence-corrected chi connectivity index (χ1v) is 5.93. The second kappa shape index (κ2) is 7.55. The van der Waals surface area contributed by atoms with Gasteiger partial charge in [-0.1, -0.05) is 38.3 Å². The van der Waals surface area contributed by atoms with E-state index in [2.05, 4.69) is 51.9 Å². The maximum Gasteiger partial charge on any atom is 0.331 e. The van der Waals surface area contributed by atoms with Crippen LogP contribution in [-0.4, -0.2) is 16.1 Å². The molecule has 0 aromatic carbocycles. The lowest BCUT2D eigenvalue weighted by atomic mass is 10.2. The summed E-state index contributed by atoms with van der Waals surface area (Å²) in [6.07, 6.45) is 2.91. The molecule has 0 spiro atoms. The third kappa shape index (κ3) is 6.11. The van der Waals surface area contributed by atoms with Crippen molar-refractivity contribution >= 4 is 54.1 Å². The van der Waals surface area contributed by atoms with Crippen LogP contribution in [0.15, 0.2) is 0 Å². The number of halogens is 3. The van der Waals surface area contributed by atoms with Crippen LogP contribution < -0.4 is 0 Å². The summed E-state index contributed by atoms with van der Waals surface area (Å²) >= 11 is 9.16. The van der Waals surface area contributed by atoms with E-state index in [0.29, 0.717) is 0 Å². The molecule has 0 aromatic rings. The molecule has 11 heavy (non-hydrogen) atoms. The van der Waals surface area contributed by atoms with E-state index in [1.165, 1.54) is 0 Å². The molecule has 0 saturated carbocycles. The van der Waals surface area contributed by atoms with E-state index >= 15 is 0 Å². The van der Waals surface area contributed by atoms with Crippen LogP contribution >= 0.6 is 48.1 Å². The minimum Gasteiger partial charge on any atom is -0.383 e. The normalized spacial score (nSPS) is 12.6. The molecular formula is C6H9Br3O2. The first kappa shape index (κ1) is 11.9. The Bertz CT molecular complexity index is 118. The fourth-order valence-corrected chi connectivity index (χ4v) is 1.87. The highest BCUT2D eigenvalue weighted by Gasteiger charge is 2.14. The van der Waals surface area contributed by atoms with Gasteiger partial charge in [-0.2, -0.15) is 0 Å². The Hall–Kier alpha value is 0.910. The van der Waals surface area contributed by atoms with Crippen molar-refractivity contribution in [2.75, 3.05) is 5.33 Å². The predicted molar refractivity (Wildman–Crippen MR) is 55.4 cm³/mol. The van der Waals surface area contributed by atoms with Crippen molar-refractivity contribution in [3.05, 3.63) is 0 Å². The fraction of sp³-hybridized carbons (Fsp3) is 0.833. The van der Waals surface area contributed by atoms with E-state index in [0.717, 1.165) is 24.6 Å². The van der Waals surface area contributed by atoms with Gasteiger partial charge < -0.3 is 3.83 Å². The SMILES string of the molecule is O=C(OBr)C(Br)CCCCBr. The minimum atomic E-state index is -0.264. The van der Waals surface area contributed by atoms with E-state index in [1.54, 1.807) is 0 Å². The number of carbonyl (C=O) groups is 1. The molecular weight excluding hydrogens is 344 g/mol. The van der Waals surface area contributed by atoms with Crippen molar-refractivity contribution < 1.29 is 8.62 Å². The zero-order valence-electron chi connectivity index (χ0n) is 5.86. The van der Waals surface area contributed by atoms with Gasteiger partial charge in [0.15, 0.2) is 16.3 Å². The molecule has 0 heterocycles. The van der Waals surface area contributed by atoms with Crippen molar-refractivity contribution in [3.63, 3.8) is 0 Å². The molecule has 0 saturated heterocycles. The molecule has 0 aliphatic carbocycles. The van der Waals surface area contributed by atoms with E-state index in [-0.39, 0.29) is 10.8 Å². The van der Waals surface area contributed by atoms with Gasteiger partial charge in [0.25, 0.3) is 0 Å². The number of carbonyl (C=O) groups excluding carboxylic acids is 1. The number of rotatable bonds is 5. The summed E-state index contributed by atoms with van der Waals surface area (Å²) in [7, 11) is 0. The molecule has 0 amide bonds. The Balaban J connectivity index is 3.36. The monoisotopic (exact) mass is 350 g/mol. The Morgan fingerprint density at radius 3 is 2.55 bits per heavy atom. The molecule has 0 aliphatic rings. The first-order valence-electron chi connectivity index (χ1n) is 3.24. The molecule has 0 bridgehead atoms. The molecule has 1 atom stereocenters. The number of hydrogen-bond donors (Lipinski definition) is 0. The Morgan fingerprint density at radius 1 is 1.45 bits per heavy atom. The van der Waals surface area contributed by atoms with Crippen molar-refractivity contribution in [2.45, 2.75) is 24.1 Å². The second-order valence-corrected chi connectivity index (χ2v) is 4.27. The summed E-state index contributed by atoms with van der Waals surface area (Å²) < 4.78 is 4.36. The number of unbranched alkanes of at least 4 members (excludes halogenated alkanes) is 1. The minimum absolute atomic E-state index is 0.180. The maximum atomic E-state index is 10.8. The first-order chi connectivity index (χ1) is 5.22. The topological polar surface area (TPSA) is 26.3 Å². The molecule has 0 fully saturated rings. The van der Waals surface area contributed by atoms with Crippen molar-refractivity contribution in [2.24, 2.45) is 0 Å².